The maximum atomic E-state index is 12.1. The molecule has 7 nitrogen and oxygen atoms in total. The summed E-state index contributed by atoms with van der Waals surface area (Å²) in [5, 5.41) is 10.4. The minimum atomic E-state index is -5.09. The van der Waals surface area contributed by atoms with E-state index >= 15 is 0 Å². The molecule has 1 aliphatic rings. The number of anilines is 1. The van der Waals surface area contributed by atoms with Gasteiger partial charge in [0.05, 0.1) is 11.6 Å². The molecule has 1 aromatic rings. The normalized spacial score (nSPS) is 18.0. The third kappa shape index (κ3) is 3.20. The fourth-order valence-corrected chi connectivity index (χ4v) is 2.07. The summed E-state index contributed by atoms with van der Waals surface area (Å²) in [6, 6.07) is 0. The fourth-order valence-electron chi connectivity index (χ4n) is 2.07. The lowest BCUT2D eigenvalue weighted by Gasteiger charge is -2.20. The molecule has 1 aliphatic carbocycles. The van der Waals surface area contributed by atoms with Crippen molar-refractivity contribution in [3.8, 4) is 0 Å². The van der Waals surface area contributed by atoms with E-state index in [0.29, 0.717) is 0 Å². The number of aromatic nitrogens is 2. The van der Waals surface area contributed by atoms with Gasteiger partial charge in [0, 0.05) is 5.56 Å². The monoisotopic (exact) mass is 305 g/mol. The summed E-state index contributed by atoms with van der Waals surface area (Å²) in [5.41, 5.74) is -0.421. The molecule has 114 valence electrons. The number of H-pyrrole nitrogens is 1. The minimum absolute atomic E-state index is 0.0412. The smallest absolute Gasteiger partial charge is 0.471 e. The lowest BCUT2D eigenvalue weighted by atomic mass is 9.87. The molecule has 0 aliphatic heterocycles. The van der Waals surface area contributed by atoms with Crippen molar-refractivity contribution in [1.82, 2.24) is 9.97 Å². The molecule has 1 unspecified atom stereocenters. The second-order valence-electron chi connectivity index (χ2n) is 4.57. The minimum Gasteiger partial charge on any atom is -0.481 e. The number of hydrogen-bond acceptors (Lipinski definition) is 4. The van der Waals surface area contributed by atoms with Crippen LogP contribution in [0.5, 0.6) is 0 Å². The number of amides is 1. The van der Waals surface area contributed by atoms with Crippen molar-refractivity contribution in [2.75, 3.05) is 5.32 Å². The van der Waals surface area contributed by atoms with Gasteiger partial charge in [-0.3, -0.25) is 24.7 Å². The molecule has 1 aromatic heterocycles. The van der Waals surface area contributed by atoms with Crippen molar-refractivity contribution < 1.29 is 27.9 Å². The number of carbonyl (C=O) groups excluding carboxylic acids is 1. The van der Waals surface area contributed by atoms with Gasteiger partial charge in [-0.1, -0.05) is 0 Å². The highest BCUT2D eigenvalue weighted by molar-refractivity contribution is 5.93. The van der Waals surface area contributed by atoms with Crippen LogP contribution in [0.15, 0.2) is 4.79 Å². The molecule has 0 saturated carbocycles. The van der Waals surface area contributed by atoms with Gasteiger partial charge >= 0.3 is 18.1 Å². The first kappa shape index (κ1) is 15.0. The number of aliphatic carboxylic acids is 1. The van der Waals surface area contributed by atoms with Gasteiger partial charge in [0.2, 0.25) is 5.95 Å². The Balaban J connectivity index is 2.27. The van der Waals surface area contributed by atoms with Gasteiger partial charge in [0.15, 0.2) is 0 Å². The van der Waals surface area contributed by atoms with E-state index in [4.69, 9.17) is 5.11 Å². The third-order valence-corrected chi connectivity index (χ3v) is 3.12. The number of carboxylic acid groups (broad SMARTS) is 1. The number of halogens is 3. The number of hydrogen-bond donors (Lipinski definition) is 3. The van der Waals surface area contributed by atoms with E-state index in [-0.39, 0.29) is 30.5 Å². The van der Waals surface area contributed by atoms with Crippen LogP contribution >= 0.6 is 0 Å². The van der Waals surface area contributed by atoms with Crippen LogP contribution < -0.4 is 10.9 Å². The summed E-state index contributed by atoms with van der Waals surface area (Å²) in [4.78, 5) is 39.2. The van der Waals surface area contributed by atoms with Gasteiger partial charge in [-0.2, -0.15) is 13.2 Å². The van der Waals surface area contributed by atoms with Crippen LogP contribution in [0.2, 0.25) is 0 Å². The Morgan fingerprint density at radius 1 is 1.38 bits per heavy atom. The van der Waals surface area contributed by atoms with Crippen molar-refractivity contribution in [2.24, 2.45) is 5.92 Å². The maximum absolute atomic E-state index is 12.1. The largest absolute Gasteiger partial charge is 0.481 e. The van der Waals surface area contributed by atoms with E-state index < -0.39 is 35.5 Å². The second-order valence-corrected chi connectivity index (χ2v) is 4.57. The first-order valence-corrected chi connectivity index (χ1v) is 5.91. The zero-order valence-corrected chi connectivity index (χ0v) is 10.5. The molecule has 10 heteroatoms. The predicted molar refractivity (Wildman–Crippen MR) is 62.7 cm³/mol. The van der Waals surface area contributed by atoms with E-state index in [0.717, 1.165) is 0 Å². The van der Waals surface area contributed by atoms with E-state index in [1.54, 1.807) is 0 Å². The molecule has 1 amide bonds. The highest BCUT2D eigenvalue weighted by atomic mass is 19.4. The van der Waals surface area contributed by atoms with Crippen LogP contribution in [0, 0.1) is 5.92 Å². The molecule has 0 fully saturated rings. The number of fused-ring (bicyclic) bond motifs is 1. The molecular formula is C11H10F3N3O4. The number of carbonyl (C=O) groups is 2. The fraction of sp³-hybridized carbons (Fsp3) is 0.455. The number of aryl methyl sites for hydroxylation is 1. The molecule has 0 saturated heterocycles. The number of rotatable bonds is 2. The van der Waals surface area contributed by atoms with Gasteiger partial charge in [-0.05, 0) is 19.3 Å². The topological polar surface area (TPSA) is 112 Å². The average molecular weight is 305 g/mol. The van der Waals surface area contributed by atoms with E-state index in [9.17, 15) is 27.6 Å². The van der Waals surface area contributed by atoms with Crippen molar-refractivity contribution in [3.63, 3.8) is 0 Å². The molecule has 1 heterocycles. The van der Waals surface area contributed by atoms with Gasteiger partial charge < -0.3 is 5.11 Å². The highest BCUT2D eigenvalue weighted by Gasteiger charge is 2.39. The van der Waals surface area contributed by atoms with Crippen molar-refractivity contribution in [2.45, 2.75) is 25.4 Å². The number of nitrogens with one attached hydrogen (secondary N) is 2. The van der Waals surface area contributed by atoms with E-state index in [2.05, 4.69) is 4.98 Å². The molecule has 3 N–H and O–H groups in total. The summed E-state index contributed by atoms with van der Waals surface area (Å²) in [6.07, 6.45) is -4.76. The molecular weight excluding hydrogens is 295 g/mol. The first-order chi connectivity index (χ1) is 9.68. The Labute approximate surface area is 115 Å². The van der Waals surface area contributed by atoms with Gasteiger partial charge in [0.1, 0.15) is 0 Å². The number of alkyl halides is 3. The summed E-state index contributed by atoms with van der Waals surface area (Å²) in [6.45, 7) is 0. The Hall–Kier alpha value is -2.39. The van der Waals surface area contributed by atoms with Gasteiger partial charge in [-0.15, -0.1) is 0 Å². The van der Waals surface area contributed by atoms with E-state index in [1.165, 1.54) is 5.32 Å². The van der Waals surface area contributed by atoms with Gasteiger partial charge in [-0.25, -0.2) is 4.98 Å². The summed E-state index contributed by atoms with van der Waals surface area (Å²) in [7, 11) is 0. The Kier molecular flexibility index (Phi) is 3.71. The maximum Gasteiger partial charge on any atom is 0.471 e. The lowest BCUT2D eigenvalue weighted by Crippen LogP contribution is -2.34. The van der Waals surface area contributed by atoms with Crippen molar-refractivity contribution in [3.05, 3.63) is 21.6 Å². The Bertz CT molecular complexity index is 653. The quantitative estimate of drug-likeness (QED) is 0.735. The molecule has 0 aromatic carbocycles. The lowest BCUT2D eigenvalue weighted by molar-refractivity contribution is -0.167. The van der Waals surface area contributed by atoms with Crippen LogP contribution in [-0.4, -0.2) is 33.1 Å². The molecule has 0 spiro atoms. The van der Waals surface area contributed by atoms with Crippen LogP contribution in [-0.2, 0) is 22.4 Å². The Morgan fingerprint density at radius 3 is 2.62 bits per heavy atom. The standard InChI is InChI=1S/C11H10F3N3O4/c12-11(13,14)9(21)17-10-15-6-2-1-4(8(19)20)3-5(6)7(18)16-10/h4H,1-3H2,(H,19,20)(H2,15,16,17,18,21). The number of nitrogens with zero attached hydrogens (tertiary/aromatic N) is 1. The molecule has 0 radical (unpaired) electrons. The summed E-state index contributed by atoms with van der Waals surface area (Å²) in [5.74, 6) is -4.62. The second kappa shape index (κ2) is 5.19. The SMILES string of the molecule is O=C(O)C1CCc2nc(NC(=O)C(F)(F)F)[nH]c(=O)c2C1. The van der Waals surface area contributed by atoms with Crippen LogP contribution in [0.1, 0.15) is 17.7 Å². The molecule has 21 heavy (non-hydrogen) atoms. The number of carboxylic acids is 1. The Morgan fingerprint density at radius 2 is 2.05 bits per heavy atom. The zero-order chi connectivity index (χ0) is 15.8. The van der Waals surface area contributed by atoms with Crippen molar-refractivity contribution in [1.29, 1.82) is 0 Å². The van der Waals surface area contributed by atoms with Crippen LogP contribution in [0.4, 0.5) is 19.1 Å². The first-order valence-electron chi connectivity index (χ1n) is 5.91. The predicted octanol–water partition coefficient (Wildman–Crippen LogP) is 0.460. The van der Waals surface area contributed by atoms with E-state index in [1.807, 2.05) is 4.98 Å². The molecule has 1 atom stereocenters. The molecule has 2 rings (SSSR count). The van der Waals surface area contributed by atoms with Crippen molar-refractivity contribution >= 4 is 17.8 Å². The molecule has 0 bridgehead atoms. The summed E-state index contributed by atoms with van der Waals surface area (Å²) >= 11 is 0. The highest BCUT2D eigenvalue weighted by Crippen LogP contribution is 2.23. The van der Waals surface area contributed by atoms with Crippen LogP contribution in [0.3, 0.4) is 0 Å². The third-order valence-electron chi connectivity index (χ3n) is 3.12. The van der Waals surface area contributed by atoms with Gasteiger partial charge in [0.25, 0.3) is 5.56 Å². The average Bonchev–Trinajstić information content (AvgIpc) is 2.37. The summed E-state index contributed by atoms with van der Waals surface area (Å²) < 4.78 is 36.4. The number of aromatic amines is 1. The van der Waals surface area contributed by atoms with Crippen LogP contribution in [0.25, 0.3) is 0 Å². The zero-order valence-electron chi connectivity index (χ0n) is 10.5.